The first-order chi connectivity index (χ1) is 7.49. The van der Waals surface area contributed by atoms with E-state index >= 15 is 0 Å². The van der Waals surface area contributed by atoms with E-state index in [4.69, 9.17) is 0 Å². The number of halogens is 2. The van der Waals surface area contributed by atoms with Gasteiger partial charge in [-0.15, -0.1) is 0 Å². The lowest BCUT2D eigenvalue weighted by atomic mass is 9.87. The van der Waals surface area contributed by atoms with Crippen LogP contribution in [0.1, 0.15) is 33.1 Å². The van der Waals surface area contributed by atoms with E-state index in [9.17, 15) is 4.39 Å². The van der Waals surface area contributed by atoms with E-state index < -0.39 is 0 Å². The van der Waals surface area contributed by atoms with Gasteiger partial charge in [-0.25, -0.2) is 4.39 Å². The fourth-order valence-electron chi connectivity index (χ4n) is 2.39. The smallest absolute Gasteiger partial charge is 0.147 e. The largest absolute Gasteiger partial charge is 0.379 e. The molecule has 1 nitrogen and oxygen atoms in total. The number of hydrogen-bond acceptors (Lipinski definition) is 1. The standard InChI is InChI=1S/C13H17BrFN/c1-13(2)7-3-4-12(13)16-11-6-5-9(14)8-10(11)15/h5-6,8,12,16H,3-4,7H2,1-2H3. The van der Waals surface area contributed by atoms with Crippen molar-refractivity contribution in [1.29, 1.82) is 0 Å². The molecule has 0 amide bonds. The molecule has 0 saturated heterocycles. The van der Waals surface area contributed by atoms with Crippen molar-refractivity contribution >= 4 is 21.6 Å². The Labute approximate surface area is 105 Å². The van der Waals surface area contributed by atoms with Crippen LogP contribution in [0, 0.1) is 11.2 Å². The van der Waals surface area contributed by atoms with Crippen molar-refractivity contribution in [3.05, 3.63) is 28.5 Å². The summed E-state index contributed by atoms with van der Waals surface area (Å²) in [7, 11) is 0. The molecule has 0 heterocycles. The van der Waals surface area contributed by atoms with Crippen LogP contribution in [-0.2, 0) is 0 Å². The third-order valence-electron chi connectivity index (χ3n) is 3.52. The first kappa shape index (κ1) is 11.9. The van der Waals surface area contributed by atoms with Crippen molar-refractivity contribution in [2.24, 2.45) is 5.41 Å². The topological polar surface area (TPSA) is 12.0 Å². The predicted molar refractivity (Wildman–Crippen MR) is 69.1 cm³/mol. The molecule has 1 aromatic carbocycles. The minimum absolute atomic E-state index is 0.183. The second-order valence-corrected chi connectivity index (χ2v) is 6.12. The molecule has 1 aliphatic rings. The van der Waals surface area contributed by atoms with Crippen molar-refractivity contribution < 1.29 is 4.39 Å². The van der Waals surface area contributed by atoms with Crippen LogP contribution in [0.4, 0.5) is 10.1 Å². The monoisotopic (exact) mass is 285 g/mol. The van der Waals surface area contributed by atoms with Gasteiger partial charge in [-0.2, -0.15) is 0 Å². The van der Waals surface area contributed by atoms with E-state index in [-0.39, 0.29) is 11.2 Å². The summed E-state index contributed by atoms with van der Waals surface area (Å²) in [5.74, 6) is -0.183. The van der Waals surface area contributed by atoms with E-state index in [1.807, 2.05) is 6.07 Å². The molecule has 0 aromatic heterocycles. The summed E-state index contributed by atoms with van der Waals surface area (Å²) in [6, 6.07) is 5.55. The lowest BCUT2D eigenvalue weighted by Crippen LogP contribution is -2.31. The van der Waals surface area contributed by atoms with Crippen LogP contribution in [0.25, 0.3) is 0 Å². The van der Waals surface area contributed by atoms with Gasteiger partial charge in [0.1, 0.15) is 5.82 Å². The van der Waals surface area contributed by atoms with Crippen molar-refractivity contribution in [1.82, 2.24) is 0 Å². The van der Waals surface area contributed by atoms with Gasteiger partial charge in [0.05, 0.1) is 5.69 Å². The second-order valence-electron chi connectivity index (χ2n) is 5.20. The van der Waals surface area contributed by atoms with Gasteiger partial charge in [-0.1, -0.05) is 36.2 Å². The van der Waals surface area contributed by atoms with Gasteiger partial charge in [0.25, 0.3) is 0 Å². The molecule has 1 N–H and O–H groups in total. The molecule has 2 rings (SSSR count). The Kier molecular flexibility index (Phi) is 3.24. The summed E-state index contributed by atoms with van der Waals surface area (Å²) in [5, 5.41) is 3.33. The van der Waals surface area contributed by atoms with Gasteiger partial charge in [-0.3, -0.25) is 0 Å². The third kappa shape index (κ3) is 2.40. The molecule has 0 spiro atoms. The highest BCUT2D eigenvalue weighted by molar-refractivity contribution is 9.10. The lowest BCUT2D eigenvalue weighted by molar-refractivity contribution is 0.349. The maximum Gasteiger partial charge on any atom is 0.147 e. The number of rotatable bonds is 2. The van der Waals surface area contributed by atoms with E-state index in [0.717, 1.165) is 10.9 Å². The molecule has 1 saturated carbocycles. The van der Waals surface area contributed by atoms with Crippen LogP contribution in [0.3, 0.4) is 0 Å². The summed E-state index contributed by atoms with van der Waals surface area (Å²) in [6.45, 7) is 4.49. The number of nitrogens with one attached hydrogen (secondary N) is 1. The highest BCUT2D eigenvalue weighted by Gasteiger charge is 2.34. The average molecular weight is 286 g/mol. The van der Waals surface area contributed by atoms with Crippen LogP contribution in [-0.4, -0.2) is 6.04 Å². The van der Waals surface area contributed by atoms with Gasteiger partial charge in [0, 0.05) is 10.5 Å². The first-order valence-corrected chi connectivity index (χ1v) is 6.50. The normalized spacial score (nSPS) is 23.4. The van der Waals surface area contributed by atoms with Crippen molar-refractivity contribution in [3.63, 3.8) is 0 Å². The number of hydrogen-bond donors (Lipinski definition) is 1. The zero-order chi connectivity index (χ0) is 11.8. The van der Waals surface area contributed by atoms with Crippen LogP contribution in [0.15, 0.2) is 22.7 Å². The summed E-state index contributed by atoms with van der Waals surface area (Å²) < 4.78 is 14.4. The molecule has 16 heavy (non-hydrogen) atoms. The van der Waals surface area contributed by atoms with Gasteiger partial charge in [0.2, 0.25) is 0 Å². The summed E-state index contributed by atoms with van der Waals surface area (Å²) in [4.78, 5) is 0. The fraction of sp³-hybridized carbons (Fsp3) is 0.538. The molecule has 1 aromatic rings. The maximum absolute atomic E-state index is 13.7. The molecule has 1 fully saturated rings. The molecular weight excluding hydrogens is 269 g/mol. The van der Waals surface area contributed by atoms with Crippen LogP contribution in [0.2, 0.25) is 0 Å². The van der Waals surface area contributed by atoms with Crippen LogP contribution < -0.4 is 5.32 Å². The first-order valence-electron chi connectivity index (χ1n) is 5.71. The zero-order valence-corrected chi connectivity index (χ0v) is 11.3. The second kappa shape index (κ2) is 4.36. The SMILES string of the molecule is CC1(C)CCCC1Nc1ccc(Br)cc1F. The molecule has 88 valence electrons. The van der Waals surface area contributed by atoms with Crippen LogP contribution in [0.5, 0.6) is 0 Å². The quantitative estimate of drug-likeness (QED) is 0.839. The number of anilines is 1. The molecule has 3 heteroatoms. The predicted octanol–water partition coefficient (Wildman–Crippen LogP) is 4.58. The summed E-state index contributed by atoms with van der Waals surface area (Å²) in [6.07, 6.45) is 3.56. The van der Waals surface area contributed by atoms with E-state index in [0.29, 0.717) is 11.7 Å². The molecular formula is C13H17BrFN. The number of benzene rings is 1. The maximum atomic E-state index is 13.7. The average Bonchev–Trinajstić information content (AvgIpc) is 2.50. The van der Waals surface area contributed by atoms with Gasteiger partial charge in [-0.05, 0) is 36.5 Å². The third-order valence-corrected chi connectivity index (χ3v) is 4.01. The van der Waals surface area contributed by atoms with Crippen molar-refractivity contribution in [3.8, 4) is 0 Å². The molecule has 0 radical (unpaired) electrons. The van der Waals surface area contributed by atoms with Gasteiger partial charge >= 0.3 is 0 Å². The lowest BCUT2D eigenvalue weighted by Gasteiger charge is -2.28. The van der Waals surface area contributed by atoms with Gasteiger partial charge in [0.15, 0.2) is 0 Å². The van der Waals surface area contributed by atoms with Crippen molar-refractivity contribution in [2.45, 2.75) is 39.2 Å². The Morgan fingerprint density at radius 2 is 2.19 bits per heavy atom. The highest BCUT2D eigenvalue weighted by atomic mass is 79.9. The molecule has 1 aliphatic carbocycles. The minimum Gasteiger partial charge on any atom is -0.379 e. The van der Waals surface area contributed by atoms with E-state index in [1.54, 1.807) is 6.07 Å². The Morgan fingerprint density at radius 3 is 2.75 bits per heavy atom. The molecule has 1 unspecified atom stereocenters. The Morgan fingerprint density at radius 1 is 1.44 bits per heavy atom. The Hall–Kier alpha value is -0.570. The fourth-order valence-corrected chi connectivity index (χ4v) is 2.72. The molecule has 0 aliphatic heterocycles. The Bertz CT molecular complexity index is 390. The van der Waals surface area contributed by atoms with E-state index in [1.165, 1.54) is 18.9 Å². The molecule has 1 atom stereocenters. The molecule has 0 bridgehead atoms. The zero-order valence-electron chi connectivity index (χ0n) is 9.69. The summed E-state index contributed by atoms with van der Waals surface area (Å²) >= 11 is 3.26. The minimum atomic E-state index is -0.183. The van der Waals surface area contributed by atoms with Crippen molar-refractivity contribution in [2.75, 3.05) is 5.32 Å². The highest BCUT2D eigenvalue weighted by Crippen LogP contribution is 2.39. The van der Waals surface area contributed by atoms with Crippen LogP contribution >= 0.6 is 15.9 Å². The summed E-state index contributed by atoms with van der Waals surface area (Å²) in [5.41, 5.74) is 0.877. The Balaban J connectivity index is 2.15. The van der Waals surface area contributed by atoms with E-state index in [2.05, 4.69) is 35.1 Å². The van der Waals surface area contributed by atoms with Gasteiger partial charge < -0.3 is 5.32 Å².